The summed E-state index contributed by atoms with van der Waals surface area (Å²) < 4.78 is 22.7. The van der Waals surface area contributed by atoms with E-state index in [2.05, 4.69) is 18.3 Å². The van der Waals surface area contributed by atoms with Gasteiger partial charge >= 0.3 is 0 Å². The second-order valence-corrected chi connectivity index (χ2v) is 8.75. The first-order valence-corrected chi connectivity index (χ1v) is 12.3. The third-order valence-corrected chi connectivity index (χ3v) is 6.20. The second kappa shape index (κ2) is 12.9. The second-order valence-electron chi connectivity index (χ2n) is 8.75. The van der Waals surface area contributed by atoms with Crippen LogP contribution in [0, 0.1) is 0 Å². The van der Waals surface area contributed by atoms with Gasteiger partial charge in [-0.15, -0.1) is 0 Å². The van der Waals surface area contributed by atoms with Crippen molar-refractivity contribution >= 4 is 27.6 Å². The normalized spacial score (nSPS) is 10.7. The van der Waals surface area contributed by atoms with E-state index in [4.69, 9.17) is 28.9 Å². The van der Waals surface area contributed by atoms with Crippen LogP contribution in [0.15, 0.2) is 42.6 Å². The van der Waals surface area contributed by atoms with E-state index in [1.165, 1.54) is 6.92 Å². The predicted octanol–water partition coefficient (Wildman–Crippen LogP) is 5.50. The van der Waals surface area contributed by atoms with Gasteiger partial charge in [0, 0.05) is 41.6 Å². The predicted molar refractivity (Wildman–Crippen MR) is 151 cm³/mol. The van der Waals surface area contributed by atoms with Gasteiger partial charge in [0.2, 0.25) is 11.8 Å². The number of amides is 1. The summed E-state index contributed by atoms with van der Waals surface area (Å²) in [6.45, 7) is 4.32. The zero-order chi connectivity index (χ0) is 26.4. The Labute approximate surface area is 224 Å². The number of rotatable bonds is 11. The van der Waals surface area contributed by atoms with Gasteiger partial charge in [0.15, 0.2) is 11.5 Å². The minimum Gasteiger partial charge on any atom is -0.497 e. The van der Waals surface area contributed by atoms with Gasteiger partial charge in [-0.2, -0.15) is 0 Å². The third-order valence-electron chi connectivity index (χ3n) is 6.20. The molecule has 2 aromatic heterocycles. The number of nitrogens with zero attached hydrogens (tertiary/aromatic N) is 2. The Morgan fingerprint density at radius 3 is 2.34 bits per heavy atom. The van der Waals surface area contributed by atoms with E-state index in [0.29, 0.717) is 37.0 Å². The van der Waals surface area contributed by atoms with E-state index in [1.807, 2.05) is 36.5 Å². The molecule has 1 amide bonds. The van der Waals surface area contributed by atoms with Gasteiger partial charge < -0.3 is 24.3 Å². The first-order chi connectivity index (χ1) is 18.0. The maximum absolute atomic E-state index is 11.3. The van der Waals surface area contributed by atoms with Gasteiger partial charge in [0.25, 0.3) is 0 Å². The Hall–Kier alpha value is -4.07. The molecule has 2 aromatic carbocycles. The van der Waals surface area contributed by atoms with Crippen molar-refractivity contribution in [1.82, 2.24) is 15.3 Å². The lowest BCUT2D eigenvalue weighted by molar-refractivity contribution is -0.119. The highest BCUT2D eigenvalue weighted by Crippen LogP contribution is 2.36. The number of pyridine rings is 2. The fourth-order valence-electron chi connectivity index (χ4n) is 4.39. The first kappa shape index (κ1) is 28.5. The van der Waals surface area contributed by atoms with Crippen LogP contribution in [0.25, 0.3) is 21.7 Å². The molecule has 0 spiro atoms. The average molecular weight is 520 g/mol. The fraction of sp³-hybridized carbons (Fsp3) is 0.367. The van der Waals surface area contributed by atoms with E-state index < -0.39 is 0 Å². The van der Waals surface area contributed by atoms with Crippen molar-refractivity contribution in [3.63, 3.8) is 0 Å². The van der Waals surface area contributed by atoms with Crippen molar-refractivity contribution in [2.24, 2.45) is 0 Å². The lowest BCUT2D eigenvalue weighted by atomic mass is 9.97. The molecular formula is C30H37N3O5. The highest BCUT2D eigenvalue weighted by Gasteiger charge is 2.16. The number of ether oxygens (including phenoxy) is 4. The number of aromatic nitrogens is 2. The molecular weight excluding hydrogens is 482 g/mol. The maximum atomic E-state index is 11.3. The highest BCUT2D eigenvalue weighted by molar-refractivity contribution is 5.91. The fourth-order valence-corrected chi connectivity index (χ4v) is 4.39. The van der Waals surface area contributed by atoms with Crippen molar-refractivity contribution in [3.05, 3.63) is 59.4 Å². The molecule has 0 atom stereocenters. The van der Waals surface area contributed by atoms with Crippen molar-refractivity contribution in [3.8, 4) is 23.1 Å². The number of benzene rings is 2. The number of hydrogen-bond donors (Lipinski definition) is 1. The van der Waals surface area contributed by atoms with Gasteiger partial charge in [-0.1, -0.05) is 20.8 Å². The lowest BCUT2D eigenvalue weighted by Gasteiger charge is -2.16. The molecule has 0 aliphatic carbocycles. The quantitative estimate of drug-likeness (QED) is 0.262. The standard InChI is InChI=1S/C29H33N3O5.CH4/c1-6-7-26-24-16-28(36-5)27(35-4)15-23(24)21(17-31-26)13-20-12-19-14-22(34-3)8-9-25(19)32-29(20)37-11-10-30-18(2)33;/h8-9,12,14-17H,6-7,10-11,13H2,1-5H3,(H,30,33);1H4. The molecule has 0 unspecified atom stereocenters. The van der Waals surface area contributed by atoms with E-state index in [-0.39, 0.29) is 13.3 Å². The molecule has 0 fully saturated rings. The Morgan fingerprint density at radius 1 is 0.947 bits per heavy atom. The Morgan fingerprint density at radius 2 is 1.68 bits per heavy atom. The largest absolute Gasteiger partial charge is 0.497 e. The number of hydrogen-bond acceptors (Lipinski definition) is 7. The Bertz CT molecular complexity index is 1420. The number of carbonyl (C=O) groups is 1. The number of fused-ring (bicyclic) bond motifs is 2. The van der Waals surface area contributed by atoms with Crippen LogP contribution in [0.1, 0.15) is 44.5 Å². The number of carbonyl (C=O) groups excluding carboxylic acids is 1. The van der Waals surface area contributed by atoms with Gasteiger partial charge in [0.1, 0.15) is 12.4 Å². The zero-order valence-electron chi connectivity index (χ0n) is 22.0. The SMILES string of the molecule is C.CCCc1ncc(Cc2cc3cc(OC)ccc3nc2OCCNC(C)=O)c2cc(OC)c(OC)cc12. The molecule has 0 saturated heterocycles. The van der Waals surface area contributed by atoms with E-state index >= 15 is 0 Å². The molecule has 0 radical (unpaired) electrons. The summed E-state index contributed by atoms with van der Waals surface area (Å²) in [5.74, 6) is 2.52. The molecule has 0 bridgehead atoms. The molecule has 2 heterocycles. The maximum Gasteiger partial charge on any atom is 0.217 e. The highest BCUT2D eigenvalue weighted by atomic mass is 16.5. The van der Waals surface area contributed by atoms with Crippen LogP contribution in [0.2, 0.25) is 0 Å². The minimum absolute atomic E-state index is 0. The summed E-state index contributed by atoms with van der Waals surface area (Å²) in [5, 5.41) is 5.80. The Kier molecular flexibility index (Phi) is 9.71. The first-order valence-electron chi connectivity index (χ1n) is 12.3. The molecule has 0 saturated carbocycles. The number of aryl methyl sites for hydroxylation is 1. The lowest BCUT2D eigenvalue weighted by Crippen LogP contribution is -2.25. The monoisotopic (exact) mass is 519 g/mol. The molecule has 38 heavy (non-hydrogen) atoms. The van der Waals surface area contributed by atoms with Crippen LogP contribution < -0.4 is 24.3 Å². The molecule has 8 heteroatoms. The molecule has 202 valence electrons. The van der Waals surface area contributed by atoms with Gasteiger partial charge in [-0.25, -0.2) is 4.98 Å². The van der Waals surface area contributed by atoms with Crippen molar-refractivity contribution in [2.45, 2.75) is 40.5 Å². The number of methoxy groups -OCH3 is 3. The topological polar surface area (TPSA) is 91.8 Å². The van der Waals surface area contributed by atoms with Gasteiger partial charge in [0.05, 0.1) is 33.4 Å². The van der Waals surface area contributed by atoms with Crippen LogP contribution in [-0.4, -0.2) is 50.4 Å². The van der Waals surface area contributed by atoms with Crippen molar-refractivity contribution < 1.29 is 23.7 Å². The summed E-state index contributed by atoms with van der Waals surface area (Å²) in [5.41, 5.74) is 3.75. The van der Waals surface area contributed by atoms with Gasteiger partial charge in [-0.3, -0.25) is 9.78 Å². The van der Waals surface area contributed by atoms with Crippen LogP contribution in [-0.2, 0) is 17.6 Å². The van der Waals surface area contributed by atoms with Crippen LogP contribution in [0.5, 0.6) is 23.1 Å². The van der Waals surface area contributed by atoms with E-state index in [0.717, 1.165) is 57.1 Å². The molecule has 0 aliphatic heterocycles. The molecule has 8 nitrogen and oxygen atoms in total. The van der Waals surface area contributed by atoms with Crippen LogP contribution >= 0.6 is 0 Å². The molecule has 4 rings (SSSR count). The summed E-state index contributed by atoms with van der Waals surface area (Å²) in [7, 11) is 4.92. The van der Waals surface area contributed by atoms with Gasteiger partial charge in [-0.05, 0) is 53.8 Å². The minimum atomic E-state index is -0.100. The zero-order valence-corrected chi connectivity index (χ0v) is 22.0. The van der Waals surface area contributed by atoms with Crippen LogP contribution in [0.4, 0.5) is 0 Å². The summed E-state index contributed by atoms with van der Waals surface area (Å²) in [6, 6.07) is 11.8. The summed E-state index contributed by atoms with van der Waals surface area (Å²) in [6.07, 6.45) is 4.32. The summed E-state index contributed by atoms with van der Waals surface area (Å²) in [4.78, 5) is 20.9. The van der Waals surface area contributed by atoms with Crippen LogP contribution in [0.3, 0.4) is 0 Å². The van der Waals surface area contributed by atoms with Crippen molar-refractivity contribution in [1.29, 1.82) is 0 Å². The third kappa shape index (κ3) is 6.25. The smallest absolute Gasteiger partial charge is 0.217 e. The molecule has 0 aliphatic rings. The van der Waals surface area contributed by atoms with E-state index in [1.54, 1.807) is 21.3 Å². The molecule has 4 aromatic rings. The molecule has 1 N–H and O–H groups in total. The average Bonchev–Trinajstić information content (AvgIpc) is 2.91. The number of nitrogens with one attached hydrogen (secondary N) is 1. The van der Waals surface area contributed by atoms with Crippen molar-refractivity contribution in [2.75, 3.05) is 34.5 Å². The Balaban J connectivity index is 0.00000400. The summed E-state index contributed by atoms with van der Waals surface area (Å²) >= 11 is 0. The van der Waals surface area contributed by atoms with E-state index in [9.17, 15) is 4.79 Å².